The van der Waals surface area contributed by atoms with Crippen LogP contribution in [0.4, 0.5) is 5.69 Å². The van der Waals surface area contributed by atoms with Crippen LogP contribution >= 0.6 is 35.6 Å². The summed E-state index contributed by atoms with van der Waals surface area (Å²) in [6.45, 7) is 5.01. The Morgan fingerprint density at radius 2 is 2.11 bits per heavy atom. The second-order valence-electron chi connectivity index (χ2n) is 5.93. The summed E-state index contributed by atoms with van der Waals surface area (Å²) in [5.41, 5.74) is 0.580. The monoisotopic (exact) mass is 429 g/mol. The van der Waals surface area contributed by atoms with E-state index >= 15 is 0 Å². The lowest BCUT2D eigenvalue weighted by Crippen LogP contribution is -2.34. The molecule has 1 aliphatic rings. The molecular formula is C18H24ClN3O3S2. The molecule has 1 aromatic carbocycles. The SMILES string of the molecule is CCN(CC)C(=O)COc1ccc(N2C(=O)C(CCSC)NC2=S)cc1Cl. The van der Waals surface area contributed by atoms with Crippen LogP contribution in [-0.2, 0) is 9.59 Å². The maximum Gasteiger partial charge on any atom is 0.260 e. The van der Waals surface area contributed by atoms with Gasteiger partial charge in [-0.3, -0.25) is 14.5 Å². The van der Waals surface area contributed by atoms with Crippen LogP contribution in [0, 0.1) is 0 Å². The van der Waals surface area contributed by atoms with Crippen LogP contribution in [0.3, 0.4) is 0 Å². The number of hydrogen-bond acceptors (Lipinski definition) is 5. The lowest BCUT2D eigenvalue weighted by atomic mass is 10.2. The average molecular weight is 430 g/mol. The zero-order valence-corrected chi connectivity index (χ0v) is 18.0. The van der Waals surface area contributed by atoms with Gasteiger partial charge in [0.05, 0.1) is 10.7 Å². The quantitative estimate of drug-likeness (QED) is 0.609. The van der Waals surface area contributed by atoms with Crippen molar-refractivity contribution in [2.45, 2.75) is 26.3 Å². The van der Waals surface area contributed by atoms with Crippen molar-refractivity contribution in [3.8, 4) is 5.75 Å². The molecule has 1 atom stereocenters. The molecule has 0 aromatic heterocycles. The van der Waals surface area contributed by atoms with Gasteiger partial charge in [0.15, 0.2) is 11.7 Å². The molecule has 148 valence electrons. The second-order valence-corrected chi connectivity index (χ2v) is 7.71. The van der Waals surface area contributed by atoms with Gasteiger partial charge in [0.25, 0.3) is 11.8 Å². The summed E-state index contributed by atoms with van der Waals surface area (Å²) in [5, 5.41) is 3.75. The van der Waals surface area contributed by atoms with Gasteiger partial charge >= 0.3 is 0 Å². The summed E-state index contributed by atoms with van der Waals surface area (Å²) in [5.74, 6) is 1.08. The van der Waals surface area contributed by atoms with Crippen molar-refractivity contribution in [1.82, 2.24) is 10.2 Å². The number of ether oxygens (including phenoxy) is 1. The minimum absolute atomic E-state index is 0.0832. The van der Waals surface area contributed by atoms with Crippen LogP contribution in [0.1, 0.15) is 20.3 Å². The lowest BCUT2D eigenvalue weighted by Gasteiger charge is -2.19. The van der Waals surface area contributed by atoms with Crippen LogP contribution in [-0.4, -0.2) is 59.6 Å². The zero-order chi connectivity index (χ0) is 20.0. The van der Waals surface area contributed by atoms with Gasteiger partial charge in [0.2, 0.25) is 0 Å². The van der Waals surface area contributed by atoms with Crippen molar-refractivity contribution in [3.63, 3.8) is 0 Å². The Morgan fingerprint density at radius 3 is 2.70 bits per heavy atom. The van der Waals surface area contributed by atoms with Crippen molar-refractivity contribution in [2.24, 2.45) is 0 Å². The van der Waals surface area contributed by atoms with E-state index in [1.807, 2.05) is 20.1 Å². The Hall–Kier alpha value is -1.51. The van der Waals surface area contributed by atoms with Gasteiger partial charge in [-0.15, -0.1) is 0 Å². The van der Waals surface area contributed by atoms with E-state index < -0.39 is 0 Å². The number of amides is 2. The first kappa shape index (κ1) is 21.8. The van der Waals surface area contributed by atoms with E-state index in [4.69, 9.17) is 28.6 Å². The molecule has 0 radical (unpaired) electrons. The first-order valence-corrected chi connectivity index (χ1v) is 10.9. The summed E-state index contributed by atoms with van der Waals surface area (Å²) in [6, 6.07) is 4.68. The molecule has 0 bridgehead atoms. The fraction of sp³-hybridized carbons (Fsp3) is 0.500. The Morgan fingerprint density at radius 1 is 1.41 bits per heavy atom. The molecule has 1 unspecified atom stereocenters. The van der Waals surface area contributed by atoms with E-state index in [1.165, 1.54) is 4.90 Å². The molecule has 2 rings (SSSR count). The molecule has 6 nitrogen and oxygen atoms in total. The van der Waals surface area contributed by atoms with Crippen molar-refractivity contribution in [2.75, 3.05) is 36.6 Å². The summed E-state index contributed by atoms with van der Waals surface area (Å²) in [6.07, 6.45) is 2.71. The number of thiocarbonyl (C=S) groups is 1. The molecule has 0 spiro atoms. The Bertz CT molecular complexity index is 713. The van der Waals surface area contributed by atoms with Gasteiger partial charge in [-0.25, -0.2) is 0 Å². The average Bonchev–Trinajstić information content (AvgIpc) is 2.93. The molecule has 2 amide bonds. The number of rotatable bonds is 9. The van der Waals surface area contributed by atoms with Crippen LogP contribution in [0.25, 0.3) is 0 Å². The van der Waals surface area contributed by atoms with Crippen LogP contribution < -0.4 is 15.0 Å². The smallest absolute Gasteiger partial charge is 0.260 e. The molecule has 27 heavy (non-hydrogen) atoms. The predicted molar refractivity (Wildman–Crippen MR) is 115 cm³/mol. The number of carbonyl (C=O) groups excluding carboxylic acids is 2. The molecular weight excluding hydrogens is 406 g/mol. The van der Waals surface area contributed by atoms with Crippen LogP contribution in [0.2, 0.25) is 5.02 Å². The summed E-state index contributed by atoms with van der Waals surface area (Å²) in [4.78, 5) is 27.8. The lowest BCUT2D eigenvalue weighted by molar-refractivity contribution is -0.133. The highest BCUT2D eigenvalue weighted by molar-refractivity contribution is 7.98. The van der Waals surface area contributed by atoms with Crippen LogP contribution in [0.5, 0.6) is 5.75 Å². The highest BCUT2D eigenvalue weighted by atomic mass is 35.5. The summed E-state index contributed by atoms with van der Waals surface area (Å²) >= 11 is 13.3. The second kappa shape index (κ2) is 10.1. The summed E-state index contributed by atoms with van der Waals surface area (Å²) in [7, 11) is 0. The van der Waals surface area contributed by atoms with Crippen LogP contribution in [0.15, 0.2) is 18.2 Å². The molecule has 1 aliphatic heterocycles. The molecule has 9 heteroatoms. The van der Waals surface area contributed by atoms with Gasteiger partial charge in [0, 0.05) is 13.1 Å². The normalized spacial score (nSPS) is 16.4. The third-order valence-electron chi connectivity index (χ3n) is 4.27. The van der Waals surface area contributed by atoms with E-state index in [0.29, 0.717) is 41.1 Å². The van der Waals surface area contributed by atoms with Crippen molar-refractivity contribution in [3.05, 3.63) is 23.2 Å². The highest BCUT2D eigenvalue weighted by Crippen LogP contribution is 2.31. The third-order valence-corrected chi connectivity index (χ3v) is 5.51. The zero-order valence-electron chi connectivity index (χ0n) is 15.7. The first-order valence-electron chi connectivity index (χ1n) is 8.76. The molecule has 1 fully saturated rings. The number of thioether (sulfide) groups is 1. The molecule has 1 saturated heterocycles. The summed E-state index contributed by atoms with van der Waals surface area (Å²) < 4.78 is 5.55. The van der Waals surface area contributed by atoms with Gasteiger partial charge < -0.3 is 15.0 Å². The fourth-order valence-electron chi connectivity index (χ4n) is 2.76. The van der Waals surface area contributed by atoms with E-state index in [-0.39, 0.29) is 24.5 Å². The number of likely N-dealkylation sites (N-methyl/N-ethyl adjacent to an activating group) is 1. The number of nitrogens with one attached hydrogen (secondary N) is 1. The maximum absolute atomic E-state index is 12.6. The van der Waals surface area contributed by atoms with E-state index in [1.54, 1.807) is 34.9 Å². The van der Waals surface area contributed by atoms with Crippen molar-refractivity contribution >= 4 is 58.2 Å². The predicted octanol–water partition coefficient (Wildman–Crippen LogP) is 2.93. The minimum atomic E-state index is -0.314. The third kappa shape index (κ3) is 5.27. The van der Waals surface area contributed by atoms with Gasteiger partial charge in [-0.1, -0.05) is 11.6 Å². The largest absolute Gasteiger partial charge is 0.482 e. The van der Waals surface area contributed by atoms with E-state index in [0.717, 1.165) is 5.75 Å². The van der Waals surface area contributed by atoms with E-state index in [2.05, 4.69) is 5.32 Å². The van der Waals surface area contributed by atoms with Gasteiger partial charge in [-0.05, 0) is 62.7 Å². The molecule has 1 heterocycles. The molecule has 0 saturated carbocycles. The van der Waals surface area contributed by atoms with Crippen molar-refractivity contribution in [1.29, 1.82) is 0 Å². The highest BCUT2D eigenvalue weighted by Gasteiger charge is 2.36. The standard InChI is InChI=1S/C18H24ClN3O3S2/c1-4-21(5-2)16(23)11-25-15-7-6-12(10-13(15)19)22-17(24)14(8-9-27-3)20-18(22)26/h6-7,10,14H,4-5,8-9,11H2,1-3H3,(H,20,26). The maximum atomic E-state index is 12.6. The van der Waals surface area contributed by atoms with Crippen molar-refractivity contribution < 1.29 is 14.3 Å². The number of benzene rings is 1. The number of nitrogens with zero attached hydrogens (tertiary/aromatic N) is 2. The number of carbonyl (C=O) groups is 2. The molecule has 1 aromatic rings. The van der Waals surface area contributed by atoms with Gasteiger partial charge in [-0.2, -0.15) is 11.8 Å². The fourth-order valence-corrected chi connectivity index (χ4v) is 3.80. The number of anilines is 1. The molecule has 1 N–H and O–H groups in total. The number of hydrogen-bond donors (Lipinski definition) is 1. The van der Waals surface area contributed by atoms with Gasteiger partial charge in [0.1, 0.15) is 11.8 Å². The Kier molecular flexibility index (Phi) is 8.19. The number of halogens is 1. The minimum Gasteiger partial charge on any atom is -0.482 e. The Balaban J connectivity index is 2.07. The Labute approximate surface area is 174 Å². The first-order chi connectivity index (χ1) is 12.9. The van der Waals surface area contributed by atoms with E-state index in [9.17, 15) is 9.59 Å². The molecule has 0 aliphatic carbocycles. The topological polar surface area (TPSA) is 61.9 Å².